The summed E-state index contributed by atoms with van der Waals surface area (Å²) >= 11 is 0. The summed E-state index contributed by atoms with van der Waals surface area (Å²) in [5.74, 6) is 0.586. The zero-order valence-electron chi connectivity index (χ0n) is 12.1. The lowest BCUT2D eigenvalue weighted by atomic mass is 9.67. The van der Waals surface area contributed by atoms with E-state index in [9.17, 15) is 0 Å². The van der Waals surface area contributed by atoms with Crippen molar-refractivity contribution in [2.75, 3.05) is 6.61 Å². The summed E-state index contributed by atoms with van der Waals surface area (Å²) in [6, 6.07) is 0. The molecule has 0 amide bonds. The SMILES string of the molecule is CC(C)CC1COB(OB2OC3CC(C)(C)C3O2)O1. The highest BCUT2D eigenvalue weighted by molar-refractivity contribution is 6.52. The van der Waals surface area contributed by atoms with Gasteiger partial charge in [-0.2, -0.15) is 0 Å². The maximum absolute atomic E-state index is 5.75. The summed E-state index contributed by atoms with van der Waals surface area (Å²) in [5, 5.41) is 0. The maximum Gasteiger partial charge on any atom is 0.628 e. The van der Waals surface area contributed by atoms with Crippen LogP contribution in [0.25, 0.3) is 0 Å². The van der Waals surface area contributed by atoms with E-state index < -0.39 is 14.6 Å². The van der Waals surface area contributed by atoms with Gasteiger partial charge in [0.05, 0.1) is 24.9 Å². The molecule has 1 aliphatic carbocycles. The van der Waals surface area contributed by atoms with Crippen LogP contribution in [0.15, 0.2) is 0 Å². The van der Waals surface area contributed by atoms with Crippen LogP contribution in [0.3, 0.4) is 0 Å². The molecule has 19 heavy (non-hydrogen) atoms. The third-order valence-corrected chi connectivity index (χ3v) is 4.06. The van der Waals surface area contributed by atoms with Gasteiger partial charge >= 0.3 is 14.6 Å². The second-order valence-electron chi connectivity index (χ2n) is 6.86. The van der Waals surface area contributed by atoms with Crippen molar-refractivity contribution in [3.05, 3.63) is 0 Å². The molecule has 3 atom stereocenters. The van der Waals surface area contributed by atoms with Crippen LogP contribution in [0.2, 0.25) is 0 Å². The lowest BCUT2D eigenvalue weighted by molar-refractivity contribution is -0.0643. The van der Waals surface area contributed by atoms with E-state index in [0.717, 1.165) is 12.8 Å². The topological polar surface area (TPSA) is 46.2 Å². The van der Waals surface area contributed by atoms with Gasteiger partial charge in [0.15, 0.2) is 0 Å². The molecule has 0 spiro atoms. The first-order valence-electron chi connectivity index (χ1n) is 7.17. The molecule has 0 aromatic rings. The minimum Gasteiger partial charge on any atom is -0.399 e. The Bertz CT molecular complexity index is 338. The van der Waals surface area contributed by atoms with Crippen molar-refractivity contribution in [1.82, 2.24) is 0 Å². The quantitative estimate of drug-likeness (QED) is 0.725. The molecule has 3 aliphatic rings. The van der Waals surface area contributed by atoms with E-state index in [-0.39, 0.29) is 23.7 Å². The molecule has 0 aromatic heterocycles. The Morgan fingerprint density at radius 1 is 1.21 bits per heavy atom. The highest BCUT2D eigenvalue weighted by atomic mass is 16.8. The lowest BCUT2D eigenvalue weighted by Crippen LogP contribution is -2.50. The van der Waals surface area contributed by atoms with Crippen LogP contribution >= 0.6 is 0 Å². The van der Waals surface area contributed by atoms with E-state index >= 15 is 0 Å². The van der Waals surface area contributed by atoms with Crippen LogP contribution in [0.5, 0.6) is 0 Å². The molecule has 2 heterocycles. The Labute approximate surface area is 115 Å². The van der Waals surface area contributed by atoms with Crippen molar-refractivity contribution in [1.29, 1.82) is 0 Å². The van der Waals surface area contributed by atoms with Gasteiger partial charge in [-0.15, -0.1) is 0 Å². The number of hydrogen-bond donors (Lipinski definition) is 0. The summed E-state index contributed by atoms with van der Waals surface area (Å²) in [5.41, 5.74) is 0.181. The Balaban J connectivity index is 1.44. The van der Waals surface area contributed by atoms with Crippen molar-refractivity contribution >= 4 is 14.6 Å². The van der Waals surface area contributed by atoms with Crippen LogP contribution in [-0.4, -0.2) is 39.6 Å². The van der Waals surface area contributed by atoms with Gasteiger partial charge in [0.25, 0.3) is 0 Å². The lowest BCUT2D eigenvalue weighted by Gasteiger charge is -2.45. The van der Waals surface area contributed by atoms with Gasteiger partial charge in [-0.25, -0.2) is 0 Å². The minimum absolute atomic E-state index is 0.111. The maximum atomic E-state index is 5.75. The Morgan fingerprint density at radius 3 is 2.63 bits per heavy atom. The van der Waals surface area contributed by atoms with Crippen LogP contribution in [-0.2, 0) is 23.2 Å². The first-order chi connectivity index (χ1) is 8.94. The van der Waals surface area contributed by atoms with E-state index in [2.05, 4.69) is 27.7 Å². The summed E-state index contributed by atoms with van der Waals surface area (Å²) in [6.45, 7) is 9.28. The average molecular weight is 268 g/mol. The average Bonchev–Trinajstić information content (AvgIpc) is 2.84. The van der Waals surface area contributed by atoms with Gasteiger partial charge in [-0.3, -0.25) is 0 Å². The largest absolute Gasteiger partial charge is 0.628 e. The molecule has 2 aliphatic heterocycles. The van der Waals surface area contributed by atoms with Gasteiger partial charge < -0.3 is 23.2 Å². The Hall–Kier alpha value is -0.0701. The molecule has 3 rings (SSSR count). The molecular weight excluding hydrogens is 246 g/mol. The van der Waals surface area contributed by atoms with Crippen LogP contribution in [0, 0.1) is 11.3 Å². The van der Waals surface area contributed by atoms with Crippen molar-refractivity contribution in [2.45, 2.75) is 58.8 Å². The summed E-state index contributed by atoms with van der Waals surface area (Å²) in [7, 11) is -1.31. The second kappa shape index (κ2) is 5.04. The zero-order chi connectivity index (χ0) is 13.6. The van der Waals surface area contributed by atoms with Gasteiger partial charge in [0.1, 0.15) is 0 Å². The fourth-order valence-electron chi connectivity index (χ4n) is 3.07. The third kappa shape index (κ3) is 2.85. The summed E-state index contributed by atoms with van der Waals surface area (Å²) in [4.78, 5) is 0. The molecule has 0 bridgehead atoms. The van der Waals surface area contributed by atoms with E-state index in [4.69, 9.17) is 23.2 Å². The molecule has 106 valence electrons. The fourth-order valence-corrected chi connectivity index (χ4v) is 3.07. The molecule has 0 N–H and O–H groups in total. The highest BCUT2D eigenvalue weighted by Crippen LogP contribution is 2.48. The van der Waals surface area contributed by atoms with Gasteiger partial charge in [0, 0.05) is 0 Å². The second-order valence-corrected chi connectivity index (χ2v) is 6.86. The number of fused-ring (bicyclic) bond motifs is 1. The van der Waals surface area contributed by atoms with E-state index in [0.29, 0.717) is 12.5 Å². The predicted molar refractivity (Wildman–Crippen MR) is 71.0 cm³/mol. The van der Waals surface area contributed by atoms with Gasteiger partial charge in [-0.05, 0) is 24.2 Å². The first kappa shape index (κ1) is 13.9. The van der Waals surface area contributed by atoms with Gasteiger partial charge in [0.2, 0.25) is 0 Å². The third-order valence-electron chi connectivity index (χ3n) is 4.06. The van der Waals surface area contributed by atoms with E-state index in [1.165, 1.54) is 0 Å². The summed E-state index contributed by atoms with van der Waals surface area (Å²) < 4.78 is 28.1. The van der Waals surface area contributed by atoms with Crippen molar-refractivity contribution in [2.24, 2.45) is 11.3 Å². The molecular formula is C12H22B2O5. The molecule has 0 aromatic carbocycles. The standard InChI is InChI=1S/C12H22B2O5/c1-8(2)5-9-7-15-13(16-9)19-14-17-10-6-12(3,4)11(10)18-14/h8-11H,5-7H2,1-4H3. The van der Waals surface area contributed by atoms with Crippen LogP contribution in [0.1, 0.15) is 40.5 Å². The van der Waals surface area contributed by atoms with Crippen molar-refractivity contribution in [3.63, 3.8) is 0 Å². The predicted octanol–water partition coefficient (Wildman–Crippen LogP) is 1.65. The molecule has 5 nitrogen and oxygen atoms in total. The normalized spacial score (nSPS) is 36.8. The van der Waals surface area contributed by atoms with Gasteiger partial charge in [-0.1, -0.05) is 27.7 Å². The minimum atomic E-state index is -0.658. The Kier molecular flexibility index (Phi) is 3.69. The van der Waals surface area contributed by atoms with Crippen molar-refractivity contribution < 1.29 is 23.2 Å². The fraction of sp³-hybridized carbons (Fsp3) is 1.00. The molecule has 7 heteroatoms. The molecule has 2 saturated heterocycles. The van der Waals surface area contributed by atoms with E-state index in [1.807, 2.05) is 0 Å². The van der Waals surface area contributed by atoms with Crippen LogP contribution < -0.4 is 0 Å². The molecule has 3 fully saturated rings. The van der Waals surface area contributed by atoms with Crippen molar-refractivity contribution in [3.8, 4) is 0 Å². The number of rotatable bonds is 4. The molecule has 0 radical (unpaired) electrons. The van der Waals surface area contributed by atoms with Crippen LogP contribution in [0.4, 0.5) is 0 Å². The molecule has 3 unspecified atom stereocenters. The molecule has 1 saturated carbocycles. The number of hydrogen-bond acceptors (Lipinski definition) is 5. The highest BCUT2D eigenvalue weighted by Gasteiger charge is 2.58. The zero-order valence-corrected chi connectivity index (χ0v) is 12.1. The Morgan fingerprint density at radius 2 is 2.00 bits per heavy atom. The monoisotopic (exact) mass is 268 g/mol. The summed E-state index contributed by atoms with van der Waals surface area (Å²) in [6.07, 6.45) is 2.39. The smallest absolute Gasteiger partial charge is 0.399 e. The van der Waals surface area contributed by atoms with E-state index in [1.54, 1.807) is 0 Å². The first-order valence-corrected chi connectivity index (χ1v) is 7.17.